The fourth-order valence-corrected chi connectivity index (χ4v) is 7.34. The fraction of sp³-hybridized carbons (Fsp3) is 0.0204. The normalized spacial score (nSPS) is 11.6. The molecule has 0 saturated carbocycles. The van der Waals surface area contributed by atoms with Crippen LogP contribution in [-0.4, -0.2) is 0 Å². The van der Waals surface area contributed by atoms with Crippen molar-refractivity contribution in [3.05, 3.63) is 206 Å². The van der Waals surface area contributed by atoms with Crippen molar-refractivity contribution in [3.63, 3.8) is 0 Å². The van der Waals surface area contributed by atoms with E-state index in [4.69, 9.17) is 0 Å². The topological polar surface area (TPSA) is 6.48 Å². The number of anilines is 6. The van der Waals surface area contributed by atoms with E-state index in [-0.39, 0.29) is 0 Å². The maximum atomic E-state index is 2.40. The first kappa shape index (κ1) is 30.4. The standard InChI is InChI=1S/C49H36N2/c1-35-20-27-41(28-21-35)50(42-29-22-37(23-30-42)36-12-4-2-5-13-36)43-31-24-38(25-32-43)39-26-33-49-47(34-39)45-17-9-8-16-44(45)46-18-10-11-19-48(46)51(49)40-14-6-3-7-15-40/h2-34H,1H3. The van der Waals surface area contributed by atoms with Gasteiger partial charge in [0.2, 0.25) is 0 Å². The Bertz CT molecular complexity index is 2450. The summed E-state index contributed by atoms with van der Waals surface area (Å²) >= 11 is 0. The van der Waals surface area contributed by atoms with E-state index in [0.717, 1.165) is 22.7 Å². The summed E-state index contributed by atoms with van der Waals surface area (Å²) in [5.74, 6) is 0. The van der Waals surface area contributed by atoms with Crippen molar-refractivity contribution in [3.8, 4) is 44.5 Å². The molecule has 8 aromatic rings. The van der Waals surface area contributed by atoms with E-state index in [1.807, 2.05) is 0 Å². The summed E-state index contributed by atoms with van der Waals surface area (Å²) in [7, 11) is 0. The Kier molecular flexibility index (Phi) is 7.75. The number of rotatable bonds is 6. The van der Waals surface area contributed by atoms with Crippen LogP contribution in [0.3, 0.4) is 0 Å². The second-order valence-electron chi connectivity index (χ2n) is 13.1. The molecular weight excluding hydrogens is 617 g/mol. The van der Waals surface area contributed by atoms with Gasteiger partial charge in [0, 0.05) is 33.9 Å². The van der Waals surface area contributed by atoms with Gasteiger partial charge in [0.15, 0.2) is 0 Å². The summed E-state index contributed by atoms with van der Waals surface area (Å²) in [5, 5.41) is 0. The molecule has 0 fully saturated rings. The van der Waals surface area contributed by atoms with Crippen LogP contribution in [0.5, 0.6) is 0 Å². The van der Waals surface area contributed by atoms with Crippen molar-refractivity contribution in [2.75, 3.05) is 9.80 Å². The average molecular weight is 653 g/mol. The predicted octanol–water partition coefficient (Wildman–Crippen LogP) is 13.9. The van der Waals surface area contributed by atoms with Crippen LogP contribution in [0, 0.1) is 6.92 Å². The summed E-state index contributed by atoms with van der Waals surface area (Å²) in [6.07, 6.45) is 0. The van der Waals surface area contributed by atoms with Gasteiger partial charge in [-0.2, -0.15) is 0 Å². The molecule has 2 heteroatoms. The van der Waals surface area contributed by atoms with Crippen LogP contribution in [0.1, 0.15) is 5.56 Å². The van der Waals surface area contributed by atoms with E-state index >= 15 is 0 Å². The van der Waals surface area contributed by atoms with Gasteiger partial charge in [-0.3, -0.25) is 0 Å². The van der Waals surface area contributed by atoms with Crippen LogP contribution in [-0.2, 0) is 0 Å². The highest BCUT2D eigenvalue weighted by Crippen LogP contribution is 2.51. The lowest BCUT2D eigenvalue weighted by Gasteiger charge is -2.27. The van der Waals surface area contributed by atoms with Gasteiger partial charge in [-0.25, -0.2) is 0 Å². The molecule has 51 heavy (non-hydrogen) atoms. The number of fused-ring (bicyclic) bond motifs is 5. The van der Waals surface area contributed by atoms with Crippen molar-refractivity contribution >= 4 is 34.1 Å². The monoisotopic (exact) mass is 652 g/mol. The Morgan fingerprint density at radius 2 is 0.765 bits per heavy atom. The molecule has 242 valence electrons. The second-order valence-corrected chi connectivity index (χ2v) is 13.1. The van der Waals surface area contributed by atoms with E-state index in [1.165, 1.54) is 61.4 Å². The third-order valence-electron chi connectivity index (χ3n) is 9.89. The second kappa shape index (κ2) is 13.0. The number of aryl methyl sites for hydroxylation is 1. The Morgan fingerprint density at radius 1 is 0.333 bits per heavy atom. The third-order valence-corrected chi connectivity index (χ3v) is 9.89. The van der Waals surface area contributed by atoms with E-state index in [9.17, 15) is 0 Å². The molecule has 0 aromatic heterocycles. The first-order valence-electron chi connectivity index (χ1n) is 17.5. The Balaban J connectivity index is 1.13. The van der Waals surface area contributed by atoms with Crippen LogP contribution in [0.15, 0.2) is 200 Å². The van der Waals surface area contributed by atoms with Crippen LogP contribution >= 0.6 is 0 Å². The summed E-state index contributed by atoms with van der Waals surface area (Å²) in [6.45, 7) is 2.13. The van der Waals surface area contributed by atoms with Gasteiger partial charge >= 0.3 is 0 Å². The molecule has 0 aliphatic carbocycles. The van der Waals surface area contributed by atoms with E-state index < -0.39 is 0 Å². The molecule has 1 heterocycles. The van der Waals surface area contributed by atoms with Gasteiger partial charge in [-0.1, -0.05) is 139 Å². The molecule has 0 amide bonds. The molecule has 0 atom stereocenters. The molecule has 8 aromatic carbocycles. The smallest absolute Gasteiger partial charge is 0.0540 e. The van der Waals surface area contributed by atoms with Gasteiger partial charge in [0.1, 0.15) is 0 Å². The molecule has 0 saturated heterocycles. The number of nitrogens with zero attached hydrogens (tertiary/aromatic N) is 2. The maximum absolute atomic E-state index is 2.40. The molecule has 0 spiro atoms. The molecule has 0 bridgehead atoms. The number of benzene rings is 8. The minimum absolute atomic E-state index is 1.11. The molecule has 1 aliphatic heterocycles. The summed E-state index contributed by atoms with van der Waals surface area (Å²) in [5.41, 5.74) is 17.8. The molecule has 0 N–H and O–H groups in total. The highest BCUT2D eigenvalue weighted by molar-refractivity contribution is 6.03. The minimum atomic E-state index is 1.11. The number of para-hydroxylation sites is 2. The van der Waals surface area contributed by atoms with Crippen LogP contribution < -0.4 is 9.80 Å². The molecule has 0 unspecified atom stereocenters. The highest BCUT2D eigenvalue weighted by Gasteiger charge is 2.26. The third kappa shape index (κ3) is 5.67. The van der Waals surface area contributed by atoms with Crippen LogP contribution in [0.2, 0.25) is 0 Å². The van der Waals surface area contributed by atoms with Crippen LogP contribution in [0.4, 0.5) is 34.1 Å². The first-order chi connectivity index (χ1) is 25.2. The Hall–Kier alpha value is -6.64. The minimum Gasteiger partial charge on any atom is -0.311 e. The van der Waals surface area contributed by atoms with Crippen molar-refractivity contribution in [2.24, 2.45) is 0 Å². The van der Waals surface area contributed by atoms with Gasteiger partial charge in [0.05, 0.1) is 11.4 Å². The average Bonchev–Trinajstić information content (AvgIpc) is 3.32. The lowest BCUT2D eigenvalue weighted by Crippen LogP contribution is -2.10. The predicted molar refractivity (Wildman–Crippen MR) is 216 cm³/mol. The Morgan fingerprint density at radius 3 is 1.39 bits per heavy atom. The lowest BCUT2D eigenvalue weighted by atomic mass is 9.92. The summed E-state index contributed by atoms with van der Waals surface area (Å²) in [4.78, 5) is 4.74. The van der Waals surface area contributed by atoms with E-state index in [1.54, 1.807) is 0 Å². The van der Waals surface area contributed by atoms with Gasteiger partial charge in [-0.05, 0) is 107 Å². The Labute approximate surface area is 300 Å². The van der Waals surface area contributed by atoms with Crippen molar-refractivity contribution in [1.29, 1.82) is 0 Å². The highest BCUT2D eigenvalue weighted by atomic mass is 15.2. The lowest BCUT2D eigenvalue weighted by molar-refractivity contribution is 1.27. The molecule has 2 nitrogen and oxygen atoms in total. The molecular formula is C49H36N2. The SMILES string of the molecule is Cc1ccc(N(c2ccc(-c3ccccc3)cc2)c2ccc(-c3ccc4c(c3)-c3ccccc3-c3ccccc3N4c3ccccc3)cc2)cc1. The molecule has 1 aliphatic rings. The maximum Gasteiger partial charge on any atom is 0.0540 e. The zero-order chi connectivity index (χ0) is 34.1. The summed E-state index contributed by atoms with van der Waals surface area (Å²) in [6, 6.07) is 72.3. The summed E-state index contributed by atoms with van der Waals surface area (Å²) < 4.78 is 0. The van der Waals surface area contributed by atoms with E-state index in [0.29, 0.717) is 0 Å². The van der Waals surface area contributed by atoms with Crippen LogP contribution in [0.25, 0.3) is 44.5 Å². The van der Waals surface area contributed by atoms with Crippen molar-refractivity contribution in [2.45, 2.75) is 6.92 Å². The fourth-order valence-electron chi connectivity index (χ4n) is 7.34. The largest absolute Gasteiger partial charge is 0.311 e. The van der Waals surface area contributed by atoms with Gasteiger partial charge < -0.3 is 9.80 Å². The van der Waals surface area contributed by atoms with E-state index in [2.05, 4.69) is 217 Å². The zero-order valence-electron chi connectivity index (χ0n) is 28.4. The number of hydrogen-bond acceptors (Lipinski definition) is 2. The van der Waals surface area contributed by atoms with Gasteiger partial charge in [0.25, 0.3) is 0 Å². The number of hydrogen-bond donors (Lipinski definition) is 0. The first-order valence-corrected chi connectivity index (χ1v) is 17.5. The van der Waals surface area contributed by atoms with Gasteiger partial charge in [-0.15, -0.1) is 0 Å². The van der Waals surface area contributed by atoms with Crippen molar-refractivity contribution < 1.29 is 0 Å². The molecule has 9 rings (SSSR count). The zero-order valence-corrected chi connectivity index (χ0v) is 28.4. The van der Waals surface area contributed by atoms with Crippen molar-refractivity contribution in [1.82, 2.24) is 0 Å². The quantitative estimate of drug-likeness (QED) is 0.176. The molecule has 0 radical (unpaired) electrons.